The van der Waals surface area contributed by atoms with E-state index in [2.05, 4.69) is 4.57 Å². The fraction of sp³-hybridized carbons (Fsp3) is 0.545. The molecule has 2 heteroatoms. The fourth-order valence-electron chi connectivity index (χ4n) is 1.61. The van der Waals surface area contributed by atoms with Crippen molar-refractivity contribution in [2.75, 3.05) is 0 Å². The van der Waals surface area contributed by atoms with E-state index in [0.717, 1.165) is 25.1 Å². The lowest BCUT2D eigenvalue weighted by atomic mass is 10.1. The van der Waals surface area contributed by atoms with E-state index in [4.69, 9.17) is 0 Å². The van der Waals surface area contributed by atoms with Gasteiger partial charge in [-0.25, -0.2) is 0 Å². The number of rotatable bonds is 0. The number of carbonyl (C=O) groups excluding carboxylic acids is 1. The van der Waals surface area contributed by atoms with E-state index in [1.165, 1.54) is 5.56 Å². The lowest BCUT2D eigenvalue weighted by Crippen LogP contribution is -2.14. The van der Waals surface area contributed by atoms with Gasteiger partial charge in [-0.1, -0.05) is 13.8 Å². The second-order valence-electron chi connectivity index (χ2n) is 3.12. The van der Waals surface area contributed by atoms with Gasteiger partial charge in [0.15, 0.2) is 5.78 Å². The molecule has 72 valence electrons. The molecule has 1 aliphatic rings. The van der Waals surface area contributed by atoms with Crippen molar-refractivity contribution in [2.24, 2.45) is 0 Å². The monoisotopic (exact) mass is 179 g/mol. The van der Waals surface area contributed by atoms with Gasteiger partial charge in [-0.3, -0.25) is 4.79 Å². The standard InChI is InChI=1S/C9H11NO.C2H6/c1-7-5-8-9(11)3-2-4-10(8)6-7;1-2/h5-6H,2-4H2,1H3;1-2H3. The summed E-state index contributed by atoms with van der Waals surface area (Å²) in [6.07, 6.45) is 3.77. The van der Waals surface area contributed by atoms with Gasteiger partial charge in [-0.15, -0.1) is 0 Å². The van der Waals surface area contributed by atoms with Crippen molar-refractivity contribution in [3.05, 3.63) is 23.5 Å². The van der Waals surface area contributed by atoms with Crippen LogP contribution in [0.3, 0.4) is 0 Å². The van der Waals surface area contributed by atoms with Crippen molar-refractivity contribution >= 4 is 5.78 Å². The second kappa shape index (κ2) is 4.26. The van der Waals surface area contributed by atoms with Crippen LogP contribution in [0.25, 0.3) is 0 Å². The largest absolute Gasteiger partial charge is 0.345 e. The minimum atomic E-state index is 0.296. The molecule has 0 bridgehead atoms. The van der Waals surface area contributed by atoms with Crippen molar-refractivity contribution in [1.29, 1.82) is 0 Å². The molecule has 0 radical (unpaired) electrons. The predicted molar refractivity (Wildman–Crippen MR) is 54.1 cm³/mol. The molecule has 0 amide bonds. The number of nitrogens with zero attached hydrogens (tertiary/aromatic N) is 1. The van der Waals surface area contributed by atoms with Crippen LogP contribution in [0, 0.1) is 6.92 Å². The highest BCUT2D eigenvalue weighted by Crippen LogP contribution is 2.17. The van der Waals surface area contributed by atoms with Gasteiger partial charge in [0.1, 0.15) is 0 Å². The van der Waals surface area contributed by atoms with E-state index < -0.39 is 0 Å². The molecule has 0 saturated carbocycles. The van der Waals surface area contributed by atoms with Crippen LogP contribution < -0.4 is 0 Å². The molecular weight excluding hydrogens is 162 g/mol. The fourth-order valence-corrected chi connectivity index (χ4v) is 1.61. The van der Waals surface area contributed by atoms with Crippen LogP contribution in [0.4, 0.5) is 0 Å². The summed E-state index contributed by atoms with van der Waals surface area (Å²) in [6, 6.07) is 1.97. The maximum Gasteiger partial charge on any atom is 0.179 e. The molecule has 0 saturated heterocycles. The second-order valence-corrected chi connectivity index (χ2v) is 3.12. The zero-order chi connectivity index (χ0) is 9.84. The Morgan fingerprint density at radius 3 is 2.69 bits per heavy atom. The van der Waals surface area contributed by atoms with Crippen molar-refractivity contribution in [1.82, 2.24) is 4.57 Å². The molecule has 0 spiro atoms. The third kappa shape index (κ3) is 2.00. The van der Waals surface area contributed by atoms with Gasteiger partial charge in [0.25, 0.3) is 0 Å². The molecular formula is C11H17NO. The lowest BCUT2D eigenvalue weighted by Gasteiger charge is -2.12. The molecule has 1 aromatic heterocycles. The Morgan fingerprint density at radius 2 is 2.08 bits per heavy atom. The number of hydrogen-bond acceptors (Lipinski definition) is 1. The summed E-state index contributed by atoms with van der Waals surface area (Å²) in [6.45, 7) is 7.04. The number of fused-ring (bicyclic) bond motifs is 1. The molecule has 0 N–H and O–H groups in total. The third-order valence-electron chi connectivity index (χ3n) is 2.12. The first kappa shape index (κ1) is 10.0. The molecule has 0 aliphatic carbocycles. The first-order valence-electron chi connectivity index (χ1n) is 4.97. The van der Waals surface area contributed by atoms with Crippen LogP contribution in [-0.4, -0.2) is 10.4 Å². The highest BCUT2D eigenvalue weighted by atomic mass is 16.1. The molecule has 1 aliphatic heterocycles. The Balaban J connectivity index is 0.000000396. The van der Waals surface area contributed by atoms with Crippen LogP contribution in [0.5, 0.6) is 0 Å². The summed E-state index contributed by atoms with van der Waals surface area (Å²) in [5.74, 6) is 0.296. The highest BCUT2D eigenvalue weighted by molar-refractivity contribution is 5.95. The van der Waals surface area contributed by atoms with Crippen LogP contribution in [0.2, 0.25) is 0 Å². The Morgan fingerprint density at radius 1 is 1.38 bits per heavy atom. The average molecular weight is 179 g/mol. The zero-order valence-electron chi connectivity index (χ0n) is 8.63. The first-order chi connectivity index (χ1) is 6.27. The number of carbonyl (C=O) groups is 1. The van der Waals surface area contributed by atoms with E-state index in [9.17, 15) is 4.79 Å². The topological polar surface area (TPSA) is 22.0 Å². The van der Waals surface area contributed by atoms with Crippen LogP contribution >= 0.6 is 0 Å². The van der Waals surface area contributed by atoms with Crippen LogP contribution in [-0.2, 0) is 6.54 Å². The Kier molecular flexibility index (Phi) is 3.29. The van der Waals surface area contributed by atoms with E-state index in [1.54, 1.807) is 0 Å². The predicted octanol–water partition coefficient (Wildman–Crippen LogP) is 2.80. The van der Waals surface area contributed by atoms with Crippen molar-refractivity contribution in [3.63, 3.8) is 0 Å². The molecule has 0 atom stereocenters. The third-order valence-corrected chi connectivity index (χ3v) is 2.12. The zero-order valence-corrected chi connectivity index (χ0v) is 8.63. The number of aromatic nitrogens is 1. The minimum absolute atomic E-state index is 0.296. The summed E-state index contributed by atoms with van der Waals surface area (Å²) >= 11 is 0. The van der Waals surface area contributed by atoms with Gasteiger partial charge in [-0.2, -0.15) is 0 Å². The highest BCUT2D eigenvalue weighted by Gasteiger charge is 2.16. The SMILES string of the molecule is CC.Cc1cc2n(c1)CCCC2=O. The van der Waals surface area contributed by atoms with E-state index in [0.29, 0.717) is 5.78 Å². The number of aryl methyl sites for hydroxylation is 2. The molecule has 0 unspecified atom stereocenters. The molecule has 2 heterocycles. The summed E-state index contributed by atoms with van der Waals surface area (Å²) < 4.78 is 2.06. The van der Waals surface area contributed by atoms with Gasteiger partial charge < -0.3 is 4.57 Å². The summed E-state index contributed by atoms with van der Waals surface area (Å²) in [5.41, 5.74) is 2.09. The summed E-state index contributed by atoms with van der Waals surface area (Å²) in [5, 5.41) is 0. The maximum absolute atomic E-state index is 11.3. The molecule has 0 fully saturated rings. The lowest BCUT2D eigenvalue weighted by molar-refractivity contribution is 0.0955. The molecule has 2 nitrogen and oxygen atoms in total. The molecule has 1 aromatic rings. The van der Waals surface area contributed by atoms with Gasteiger partial charge in [0.2, 0.25) is 0 Å². The number of Topliss-reactive ketones (excluding diaryl/α,β-unsaturated/α-hetero) is 1. The van der Waals surface area contributed by atoms with Crippen LogP contribution in [0.15, 0.2) is 12.3 Å². The minimum Gasteiger partial charge on any atom is -0.345 e. The summed E-state index contributed by atoms with van der Waals surface area (Å²) in [4.78, 5) is 11.3. The van der Waals surface area contributed by atoms with E-state index >= 15 is 0 Å². The van der Waals surface area contributed by atoms with Gasteiger partial charge >= 0.3 is 0 Å². The van der Waals surface area contributed by atoms with Gasteiger partial charge in [-0.05, 0) is 25.0 Å². The Bertz CT molecular complexity index is 299. The smallest absolute Gasteiger partial charge is 0.179 e. The first-order valence-corrected chi connectivity index (χ1v) is 4.97. The number of ketones is 1. The van der Waals surface area contributed by atoms with E-state index in [1.807, 2.05) is 33.0 Å². The van der Waals surface area contributed by atoms with Crippen molar-refractivity contribution in [2.45, 2.75) is 40.2 Å². The average Bonchev–Trinajstić information content (AvgIpc) is 2.51. The molecule has 2 rings (SSSR count). The van der Waals surface area contributed by atoms with Gasteiger partial charge in [0.05, 0.1) is 5.69 Å². The molecule has 13 heavy (non-hydrogen) atoms. The van der Waals surface area contributed by atoms with Crippen LogP contribution in [0.1, 0.15) is 42.7 Å². The van der Waals surface area contributed by atoms with Crippen molar-refractivity contribution in [3.8, 4) is 0 Å². The summed E-state index contributed by atoms with van der Waals surface area (Å²) in [7, 11) is 0. The molecule has 0 aromatic carbocycles. The maximum atomic E-state index is 11.3. The number of hydrogen-bond donors (Lipinski definition) is 0. The normalized spacial score (nSPS) is 14.5. The van der Waals surface area contributed by atoms with E-state index in [-0.39, 0.29) is 0 Å². The van der Waals surface area contributed by atoms with Crippen molar-refractivity contribution < 1.29 is 4.79 Å². The quantitative estimate of drug-likeness (QED) is 0.600. The Hall–Kier alpha value is -1.05. The Labute approximate surface area is 79.6 Å². The van der Waals surface area contributed by atoms with Gasteiger partial charge in [0, 0.05) is 19.2 Å².